The molecule has 1 saturated heterocycles. The quantitative estimate of drug-likeness (QED) is 0.530. The third kappa shape index (κ3) is 9.04. The van der Waals surface area contributed by atoms with Gasteiger partial charge in [0.15, 0.2) is 6.61 Å². The first-order valence-corrected chi connectivity index (χ1v) is 11.6. The normalized spacial score (nSPS) is 17.5. The molecule has 1 heterocycles. The standard InChI is InChI=1S/C26H36N2O5/c1-21(2)15-28(26(30)20-33-24-11-7-4-8-12-24)18-25-17-27(13-14-31-25)16-22(29)19-32-23-9-5-3-6-10-23/h3-12,21-22,25,29H,13-20H2,1-2H3. The van der Waals surface area contributed by atoms with Crippen molar-refractivity contribution < 1.29 is 24.1 Å². The Morgan fingerprint density at radius 2 is 1.73 bits per heavy atom. The Bertz CT molecular complexity index is 818. The Labute approximate surface area is 196 Å². The number of rotatable bonds is 12. The predicted octanol–water partition coefficient (Wildman–Crippen LogP) is 2.69. The van der Waals surface area contributed by atoms with Crippen LogP contribution in [-0.2, 0) is 9.53 Å². The Morgan fingerprint density at radius 1 is 1.09 bits per heavy atom. The number of carbonyl (C=O) groups excluding carboxylic acids is 1. The van der Waals surface area contributed by atoms with E-state index in [0.29, 0.717) is 44.5 Å². The first-order valence-electron chi connectivity index (χ1n) is 11.6. The van der Waals surface area contributed by atoms with Gasteiger partial charge in [0.05, 0.1) is 12.7 Å². The first kappa shape index (κ1) is 25.0. The molecule has 1 aliphatic rings. The molecule has 1 aliphatic heterocycles. The Kier molecular flexibility index (Phi) is 10.00. The van der Waals surface area contributed by atoms with Gasteiger partial charge in [-0.15, -0.1) is 0 Å². The molecule has 7 heteroatoms. The van der Waals surface area contributed by atoms with Crippen molar-refractivity contribution in [2.24, 2.45) is 5.92 Å². The third-order valence-corrected chi connectivity index (χ3v) is 5.35. The number of carbonyl (C=O) groups is 1. The van der Waals surface area contributed by atoms with Crippen LogP contribution in [0, 0.1) is 5.92 Å². The van der Waals surface area contributed by atoms with Gasteiger partial charge in [-0.25, -0.2) is 0 Å². The van der Waals surface area contributed by atoms with E-state index in [9.17, 15) is 9.90 Å². The van der Waals surface area contributed by atoms with E-state index in [-0.39, 0.29) is 25.2 Å². The highest BCUT2D eigenvalue weighted by molar-refractivity contribution is 5.77. The maximum absolute atomic E-state index is 12.9. The SMILES string of the molecule is CC(C)CN(CC1CN(CC(O)COc2ccccc2)CCO1)C(=O)COc1ccccc1. The molecule has 0 spiro atoms. The molecule has 7 nitrogen and oxygen atoms in total. The molecule has 2 atom stereocenters. The van der Waals surface area contributed by atoms with E-state index < -0.39 is 6.10 Å². The van der Waals surface area contributed by atoms with E-state index in [2.05, 4.69) is 18.7 Å². The van der Waals surface area contributed by atoms with Crippen LogP contribution in [0.3, 0.4) is 0 Å². The van der Waals surface area contributed by atoms with Crippen LogP contribution in [-0.4, -0.2) is 85.6 Å². The minimum atomic E-state index is -0.600. The summed E-state index contributed by atoms with van der Waals surface area (Å²) in [5, 5.41) is 10.4. The van der Waals surface area contributed by atoms with E-state index >= 15 is 0 Å². The highest BCUT2D eigenvalue weighted by Crippen LogP contribution is 2.13. The molecule has 180 valence electrons. The number of para-hydroxylation sites is 2. The third-order valence-electron chi connectivity index (χ3n) is 5.35. The fraction of sp³-hybridized carbons (Fsp3) is 0.500. The number of hydrogen-bond acceptors (Lipinski definition) is 6. The summed E-state index contributed by atoms with van der Waals surface area (Å²) in [6, 6.07) is 18.9. The number of aliphatic hydroxyl groups excluding tert-OH is 1. The van der Waals surface area contributed by atoms with Gasteiger partial charge >= 0.3 is 0 Å². The summed E-state index contributed by atoms with van der Waals surface area (Å²) >= 11 is 0. The van der Waals surface area contributed by atoms with Gasteiger partial charge in [0.2, 0.25) is 0 Å². The van der Waals surface area contributed by atoms with Crippen LogP contribution in [0.5, 0.6) is 11.5 Å². The summed E-state index contributed by atoms with van der Waals surface area (Å²) < 4.78 is 17.3. The van der Waals surface area contributed by atoms with Crippen molar-refractivity contribution in [3.63, 3.8) is 0 Å². The second-order valence-electron chi connectivity index (χ2n) is 8.82. The predicted molar refractivity (Wildman–Crippen MR) is 127 cm³/mol. The van der Waals surface area contributed by atoms with Crippen molar-refractivity contribution in [1.82, 2.24) is 9.80 Å². The van der Waals surface area contributed by atoms with Gasteiger partial charge in [0.25, 0.3) is 5.91 Å². The maximum atomic E-state index is 12.9. The molecule has 3 rings (SSSR count). The number of hydrogen-bond donors (Lipinski definition) is 1. The highest BCUT2D eigenvalue weighted by atomic mass is 16.5. The molecule has 0 aliphatic carbocycles. The summed E-state index contributed by atoms with van der Waals surface area (Å²) in [5.41, 5.74) is 0. The van der Waals surface area contributed by atoms with Gasteiger partial charge in [-0.2, -0.15) is 0 Å². The van der Waals surface area contributed by atoms with Crippen molar-refractivity contribution >= 4 is 5.91 Å². The van der Waals surface area contributed by atoms with Gasteiger partial charge in [-0.05, 0) is 30.2 Å². The summed E-state index contributed by atoms with van der Waals surface area (Å²) in [4.78, 5) is 16.9. The summed E-state index contributed by atoms with van der Waals surface area (Å²) in [5.74, 6) is 1.71. The molecule has 1 fully saturated rings. The Hall–Kier alpha value is -2.61. The van der Waals surface area contributed by atoms with Crippen LogP contribution in [0.4, 0.5) is 0 Å². The zero-order chi connectivity index (χ0) is 23.5. The average Bonchev–Trinajstić information content (AvgIpc) is 2.82. The van der Waals surface area contributed by atoms with Crippen molar-refractivity contribution in [3.8, 4) is 11.5 Å². The van der Waals surface area contributed by atoms with Crippen molar-refractivity contribution in [2.45, 2.75) is 26.1 Å². The lowest BCUT2D eigenvalue weighted by molar-refractivity contribution is -0.137. The number of aliphatic hydroxyl groups is 1. The fourth-order valence-corrected chi connectivity index (χ4v) is 3.83. The van der Waals surface area contributed by atoms with Gasteiger partial charge in [-0.3, -0.25) is 9.69 Å². The van der Waals surface area contributed by atoms with E-state index in [4.69, 9.17) is 14.2 Å². The largest absolute Gasteiger partial charge is 0.491 e. The molecule has 0 aromatic heterocycles. The monoisotopic (exact) mass is 456 g/mol. The minimum Gasteiger partial charge on any atom is -0.491 e. The van der Waals surface area contributed by atoms with Crippen LogP contribution in [0.1, 0.15) is 13.8 Å². The second kappa shape index (κ2) is 13.2. The molecule has 0 bridgehead atoms. The van der Waals surface area contributed by atoms with Crippen molar-refractivity contribution in [2.75, 3.05) is 52.5 Å². The number of amides is 1. The molecule has 1 N–H and O–H groups in total. The molecular weight excluding hydrogens is 420 g/mol. The van der Waals surface area contributed by atoms with E-state index in [1.54, 1.807) is 0 Å². The van der Waals surface area contributed by atoms with Crippen molar-refractivity contribution in [3.05, 3.63) is 60.7 Å². The van der Waals surface area contributed by atoms with E-state index in [0.717, 1.165) is 12.3 Å². The zero-order valence-corrected chi connectivity index (χ0v) is 19.6. The molecule has 2 aromatic carbocycles. The second-order valence-corrected chi connectivity index (χ2v) is 8.82. The fourth-order valence-electron chi connectivity index (χ4n) is 3.83. The molecule has 1 amide bonds. The molecule has 33 heavy (non-hydrogen) atoms. The lowest BCUT2D eigenvalue weighted by atomic mass is 10.1. The number of ether oxygens (including phenoxy) is 3. The maximum Gasteiger partial charge on any atom is 0.260 e. The van der Waals surface area contributed by atoms with Crippen LogP contribution in [0.15, 0.2) is 60.7 Å². The van der Waals surface area contributed by atoms with E-state index in [1.807, 2.05) is 65.6 Å². The molecule has 0 saturated carbocycles. The molecule has 2 unspecified atom stereocenters. The lowest BCUT2D eigenvalue weighted by Crippen LogP contribution is -2.51. The van der Waals surface area contributed by atoms with Gasteiger partial charge in [0.1, 0.15) is 24.2 Å². The van der Waals surface area contributed by atoms with Crippen LogP contribution >= 0.6 is 0 Å². The number of nitrogens with zero attached hydrogens (tertiary/aromatic N) is 2. The summed E-state index contributed by atoms with van der Waals surface area (Å²) in [6.45, 7) is 8.04. The number of β-amino-alcohol motifs (C(OH)–C–C–N with tert-alkyl or cyclic N) is 1. The van der Waals surface area contributed by atoms with Crippen molar-refractivity contribution in [1.29, 1.82) is 0 Å². The van der Waals surface area contributed by atoms with E-state index in [1.165, 1.54) is 0 Å². The average molecular weight is 457 g/mol. The highest BCUT2D eigenvalue weighted by Gasteiger charge is 2.27. The van der Waals surface area contributed by atoms with Crippen LogP contribution in [0.2, 0.25) is 0 Å². The summed E-state index contributed by atoms with van der Waals surface area (Å²) in [7, 11) is 0. The van der Waals surface area contributed by atoms with Crippen LogP contribution < -0.4 is 9.47 Å². The Morgan fingerprint density at radius 3 is 2.36 bits per heavy atom. The van der Waals surface area contributed by atoms with Crippen LogP contribution in [0.25, 0.3) is 0 Å². The smallest absolute Gasteiger partial charge is 0.260 e. The van der Waals surface area contributed by atoms with Gasteiger partial charge in [-0.1, -0.05) is 50.2 Å². The Balaban J connectivity index is 1.47. The lowest BCUT2D eigenvalue weighted by Gasteiger charge is -2.37. The van der Waals surface area contributed by atoms with Gasteiger partial charge in [0, 0.05) is 32.7 Å². The summed E-state index contributed by atoms with van der Waals surface area (Å²) in [6.07, 6.45) is -0.711. The topological polar surface area (TPSA) is 71.5 Å². The first-order chi connectivity index (χ1) is 16.0. The molecular formula is C26H36N2O5. The number of morpholine rings is 1. The molecule has 0 radical (unpaired) electrons. The number of benzene rings is 2. The van der Waals surface area contributed by atoms with Gasteiger partial charge < -0.3 is 24.2 Å². The molecule has 2 aromatic rings. The zero-order valence-electron chi connectivity index (χ0n) is 19.6. The minimum absolute atomic E-state index is 0.00269.